The van der Waals surface area contributed by atoms with Crippen LogP contribution in [0.1, 0.15) is 5.56 Å². The van der Waals surface area contributed by atoms with E-state index in [0.717, 1.165) is 22.9 Å². The van der Waals surface area contributed by atoms with Crippen LogP contribution >= 0.6 is 15.9 Å². The van der Waals surface area contributed by atoms with E-state index in [1.807, 2.05) is 0 Å². The number of sulfonamides is 1. The molecule has 2 aromatic rings. The Morgan fingerprint density at radius 2 is 2.10 bits per heavy atom. The largest absolute Gasteiger partial charge is 0.260 e. The van der Waals surface area contributed by atoms with E-state index < -0.39 is 21.7 Å². The summed E-state index contributed by atoms with van der Waals surface area (Å²) in [5.74, 6) is -1.35. The van der Waals surface area contributed by atoms with Gasteiger partial charge in [-0.05, 0) is 34.1 Å². The summed E-state index contributed by atoms with van der Waals surface area (Å²) in [6.45, 7) is -0.385. The highest BCUT2D eigenvalue weighted by Crippen LogP contribution is 2.18. The molecule has 0 unspecified atom stereocenters. The average molecular weight is 367 g/mol. The van der Waals surface area contributed by atoms with Gasteiger partial charge >= 0.3 is 0 Å². The molecule has 1 aromatic carbocycles. The summed E-state index contributed by atoms with van der Waals surface area (Å²) < 4.78 is 53.7. The molecule has 2 rings (SSSR count). The van der Waals surface area contributed by atoms with Gasteiger partial charge in [0, 0.05) is 19.2 Å². The van der Waals surface area contributed by atoms with Gasteiger partial charge in [0.1, 0.15) is 11.6 Å². The van der Waals surface area contributed by atoms with E-state index in [0.29, 0.717) is 0 Å². The second-order valence-corrected chi connectivity index (χ2v) is 6.30. The zero-order valence-electron chi connectivity index (χ0n) is 10.1. The van der Waals surface area contributed by atoms with E-state index in [1.165, 1.54) is 7.05 Å². The third kappa shape index (κ3) is 3.02. The van der Waals surface area contributed by atoms with Crippen molar-refractivity contribution in [2.45, 2.75) is 11.6 Å². The summed E-state index contributed by atoms with van der Waals surface area (Å²) in [5.41, 5.74) is -0.0974. The fraction of sp³-hybridized carbons (Fsp3) is 0.200. The average Bonchev–Trinajstić information content (AvgIpc) is 2.71. The van der Waals surface area contributed by atoms with Crippen molar-refractivity contribution < 1.29 is 17.2 Å². The standard InChI is InChI=1S/C10H9BrF2N4O2S/c1-17-10(9(11)15-16-17)20(18,19)14-5-6-4-7(12)2-3-8(6)13/h2-4,14H,5H2,1H3. The Kier molecular flexibility index (Phi) is 4.16. The summed E-state index contributed by atoms with van der Waals surface area (Å²) in [7, 11) is -2.56. The fourth-order valence-corrected chi connectivity index (χ4v) is 3.62. The van der Waals surface area contributed by atoms with Crippen molar-refractivity contribution in [2.24, 2.45) is 7.05 Å². The molecule has 0 spiro atoms. The first kappa shape index (κ1) is 15.0. The van der Waals surface area contributed by atoms with Crippen LogP contribution in [0.4, 0.5) is 8.78 Å². The van der Waals surface area contributed by atoms with Crippen LogP contribution < -0.4 is 4.72 Å². The van der Waals surface area contributed by atoms with Gasteiger partial charge in [-0.2, -0.15) is 0 Å². The van der Waals surface area contributed by atoms with Gasteiger partial charge in [0.15, 0.2) is 4.60 Å². The van der Waals surface area contributed by atoms with Crippen LogP contribution in [0.5, 0.6) is 0 Å². The Morgan fingerprint density at radius 1 is 1.40 bits per heavy atom. The molecule has 10 heteroatoms. The molecule has 0 radical (unpaired) electrons. The minimum atomic E-state index is -3.95. The molecular weight excluding hydrogens is 358 g/mol. The molecule has 0 aliphatic carbocycles. The number of hydrogen-bond donors (Lipinski definition) is 1. The third-order valence-electron chi connectivity index (χ3n) is 2.45. The van der Waals surface area contributed by atoms with Gasteiger partial charge in [0.2, 0.25) is 5.03 Å². The molecule has 20 heavy (non-hydrogen) atoms. The van der Waals surface area contributed by atoms with Crippen LogP contribution in [0, 0.1) is 11.6 Å². The van der Waals surface area contributed by atoms with Crippen molar-refractivity contribution in [3.05, 3.63) is 40.0 Å². The van der Waals surface area contributed by atoms with Gasteiger partial charge in [-0.25, -0.2) is 26.6 Å². The van der Waals surface area contributed by atoms with E-state index in [1.54, 1.807) is 0 Å². The number of rotatable bonds is 4. The van der Waals surface area contributed by atoms with Crippen molar-refractivity contribution in [1.82, 2.24) is 19.7 Å². The highest BCUT2D eigenvalue weighted by molar-refractivity contribution is 9.10. The Labute approximate surface area is 122 Å². The van der Waals surface area contributed by atoms with Gasteiger partial charge < -0.3 is 0 Å². The van der Waals surface area contributed by atoms with Gasteiger partial charge in [-0.1, -0.05) is 5.21 Å². The van der Waals surface area contributed by atoms with Crippen molar-refractivity contribution in [3.8, 4) is 0 Å². The quantitative estimate of drug-likeness (QED) is 0.885. The minimum Gasteiger partial charge on any atom is -0.235 e. The zero-order valence-corrected chi connectivity index (χ0v) is 12.5. The molecule has 6 nitrogen and oxygen atoms in total. The Bertz CT molecular complexity index is 728. The number of aromatic nitrogens is 3. The van der Waals surface area contributed by atoms with Crippen molar-refractivity contribution in [1.29, 1.82) is 0 Å². The summed E-state index contributed by atoms with van der Waals surface area (Å²) in [5, 5.41) is 6.88. The molecule has 0 amide bonds. The summed E-state index contributed by atoms with van der Waals surface area (Å²) in [4.78, 5) is 0. The molecule has 108 valence electrons. The monoisotopic (exact) mass is 366 g/mol. The van der Waals surface area contributed by atoms with Crippen LogP contribution in [0.15, 0.2) is 27.8 Å². The highest BCUT2D eigenvalue weighted by Gasteiger charge is 2.23. The second kappa shape index (κ2) is 5.54. The van der Waals surface area contributed by atoms with Gasteiger partial charge in [0.25, 0.3) is 10.0 Å². The molecule has 1 aromatic heterocycles. The summed E-state index contributed by atoms with van der Waals surface area (Å²) >= 11 is 2.96. The van der Waals surface area contributed by atoms with Crippen molar-refractivity contribution in [3.63, 3.8) is 0 Å². The smallest absolute Gasteiger partial charge is 0.235 e. The SMILES string of the molecule is Cn1nnc(Br)c1S(=O)(=O)NCc1cc(F)ccc1F. The third-order valence-corrected chi connectivity index (χ3v) is 4.74. The molecule has 0 saturated heterocycles. The topological polar surface area (TPSA) is 76.9 Å². The van der Waals surface area contributed by atoms with Crippen LogP contribution in [0.3, 0.4) is 0 Å². The predicted molar refractivity (Wildman–Crippen MR) is 69.1 cm³/mol. The molecule has 0 aliphatic heterocycles. The van der Waals surface area contributed by atoms with Crippen molar-refractivity contribution in [2.75, 3.05) is 0 Å². The number of halogens is 3. The van der Waals surface area contributed by atoms with E-state index in [-0.39, 0.29) is 21.7 Å². The van der Waals surface area contributed by atoms with Crippen molar-refractivity contribution >= 4 is 26.0 Å². The second-order valence-electron chi connectivity index (χ2n) is 3.87. The summed E-state index contributed by atoms with van der Waals surface area (Å²) in [6, 6.07) is 2.81. The molecule has 0 saturated carbocycles. The molecule has 1 heterocycles. The lowest BCUT2D eigenvalue weighted by atomic mass is 10.2. The van der Waals surface area contributed by atoms with E-state index in [2.05, 4.69) is 31.0 Å². The minimum absolute atomic E-state index is 0.0345. The molecule has 0 aliphatic rings. The lowest BCUT2D eigenvalue weighted by Gasteiger charge is -2.07. The first-order chi connectivity index (χ1) is 9.31. The van der Waals surface area contributed by atoms with E-state index >= 15 is 0 Å². The Morgan fingerprint density at radius 3 is 2.70 bits per heavy atom. The van der Waals surface area contributed by atoms with Crippen LogP contribution in [0.2, 0.25) is 0 Å². The van der Waals surface area contributed by atoms with Crippen LogP contribution in [-0.4, -0.2) is 23.4 Å². The molecule has 0 atom stereocenters. The lowest BCUT2D eigenvalue weighted by molar-refractivity contribution is 0.553. The molecule has 0 bridgehead atoms. The summed E-state index contributed by atoms with van der Waals surface area (Å²) in [6.07, 6.45) is 0. The normalized spacial score (nSPS) is 11.8. The first-order valence-corrected chi connectivity index (χ1v) is 7.57. The zero-order chi connectivity index (χ0) is 14.9. The van der Waals surface area contributed by atoms with E-state index in [9.17, 15) is 17.2 Å². The maximum Gasteiger partial charge on any atom is 0.260 e. The van der Waals surface area contributed by atoms with Gasteiger partial charge in [-0.15, -0.1) is 5.10 Å². The predicted octanol–water partition coefficient (Wildman–Crippen LogP) is 1.33. The number of nitrogens with one attached hydrogen (secondary N) is 1. The number of hydrogen-bond acceptors (Lipinski definition) is 4. The first-order valence-electron chi connectivity index (χ1n) is 5.30. The van der Waals surface area contributed by atoms with Gasteiger partial charge in [0.05, 0.1) is 0 Å². The Hall–Kier alpha value is -1.39. The van der Waals surface area contributed by atoms with Crippen LogP contribution in [0.25, 0.3) is 0 Å². The maximum atomic E-state index is 13.4. The van der Waals surface area contributed by atoms with Crippen LogP contribution in [-0.2, 0) is 23.6 Å². The molecule has 1 N–H and O–H groups in total. The number of benzene rings is 1. The van der Waals surface area contributed by atoms with E-state index in [4.69, 9.17) is 0 Å². The van der Waals surface area contributed by atoms with Gasteiger partial charge in [-0.3, -0.25) is 0 Å². The number of nitrogens with zero attached hydrogens (tertiary/aromatic N) is 3. The maximum absolute atomic E-state index is 13.4. The lowest BCUT2D eigenvalue weighted by Crippen LogP contribution is -2.26. The highest BCUT2D eigenvalue weighted by atomic mass is 79.9. The number of aryl methyl sites for hydroxylation is 1. The fourth-order valence-electron chi connectivity index (χ4n) is 1.53. The molecular formula is C10H9BrF2N4O2S. The Balaban J connectivity index is 2.24. The molecule has 0 fully saturated rings.